The van der Waals surface area contributed by atoms with E-state index in [0.717, 1.165) is 50.4 Å². The Hall–Kier alpha value is -1.76. The minimum Gasteiger partial charge on any atom is -0.378 e. The molecule has 0 saturated carbocycles. The summed E-state index contributed by atoms with van der Waals surface area (Å²) in [5.41, 5.74) is 1.84. The van der Waals surface area contributed by atoms with Gasteiger partial charge < -0.3 is 14.8 Å². The number of hydrogen-bond acceptors (Lipinski definition) is 4. The third-order valence-electron chi connectivity index (χ3n) is 4.92. The molecule has 2 atom stereocenters. The van der Waals surface area contributed by atoms with Crippen LogP contribution in [0, 0.1) is 5.82 Å². The number of hydrogen-bond donors (Lipinski definition) is 1. The van der Waals surface area contributed by atoms with E-state index in [9.17, 15) is 4.39 Å². The fourth-order valence-electron chi connectivity index (χ4n) is 3.59. The maximum Gasteiger partial charge on any atom is 0.123 e. The van der Waals surface area contributed by atoms with Crippen LogP contribution in [0.25, 0.3) is 5.69 Å². The number of nitrogens with one attached hydrogen (secondary N) is 1. The second-order valence-electron chi connectivity index (χ2n) is 6.62. The van der Waals surface area contributed by atoms with Crippen molar-refractivity contribution in [3.63, 3.8) is 0 Å². The fraction of sp³-hybridized carbons (Fsp3) is 0.500. The second-order valence-corrected chi connectivity index (χ2v) is 6.62. The minimum absolute atomic E-state index is 0.0902. The summed E-state index contributed by atoms with van der Waals surface area (Å²) >= 11 is 0. The molecule has 0 radical (unpaired) electrons. The lowest BCUT2D eigenvalue weighted by Gasteiger charge is -2.37. The number of rotatable bonds is 4. The van der Waals surface area contributed by atoms with Crippen LogP contribution < -0.4 is 5.32 Å². The Morgan fingerprint density at radius 2 is 2.12 bits per heavy atom. The van der Waals surface area contributed by atoms with Crippen LogP contribution in [-0.4, -0.2) is 41.2 Å². The molecule has 2 fully saturated rings. The van der Waals surface area contributed by atoms with E-state index in [1.165, 1.54) is 12.1 Å². The molecule has 0 amide bonds. The highest BCUT2D eigenvalue weighted by Gasteiger charge is 2.40. The molecule has 1 spiro atoms. The molecule has 6 heteroatoms. The SMILES string of the molecule is Fc1ccc(-n2nccc2CN[C@H]2CCO[C@@]3(CCOC3)C2)cc1. The van der Waals surface area contributed by atoms with Crippen molar-refractivity contribution in [3.8, 4) is 5.69 Å². The molecule has 1 aromatic heterocycles. The molecule has 0 unspecified atom stereocenters. The van der Waals surface area contributed by atoms with Gasteiger partial charge in [0.25, 0.3) is 0 Å². The number of ether oxygens (including phenoxy) is 2. The zero-order valence-corrected chi connectivity index (χ0v) is 13.6. The van der Waals surface area contributed by atoms with Crippen LogP contribution in [0.15, 0.2) is 36.5 Å². The van der Waals surface area contributed by atoms with Crippen molar-refractivity contribution >= 4 is 0 Å². The van der Waals surface area contributed by atoms with Crippen LogP contribution >= 0.6 is 0 Å². The van der Waals surface area contributed by atoms with E-state index in [-0.39, 0.29) is 11.4 Å². The van der Waals surface area contributed by atoms with Gasteiger partial charge >= 0.3 is 0 Å². The standard InChI is InChI=1S/C18H22FN3O2/c19-14-1-3-16(4-2-14)22-17(5-8-21-22)12-20-15-6-9-24-18(11-15)7-10-23-13-18/h1-5,8,15,20H,6-7,9-13H2/t15-,18-/m0/s1. The highest BCUT2D eigenvalue weighted by atomic mass is 19.1. The average Bonchev–Trinajstić information content (AvgIpc) is 3.24. The Morgan fingerprint density at radius 3 is 2.92 bits per heavy atom. The lowest BCUT2D eigenvalue weighted by Crippen LogP contribution is -2.47. The summed E-state index contributed by atoms with van der Waals surface area (Å²) in [6.07, 6.45) is 4.75. The van der Waals surface area contributed by atoms with Crippen molar-refractivity contribution in [2.45, 2.75) is 37.5 Å². The third-order valence-corrected chi connectivity index (χ3v) is 4.92. The first kappa shape index (κ1) is 15.7. The van der Waals surface area contributed by atoms with E-state index in [4.69, 9.17) is 9.47 Å². The zero-order valence-electron chi connectivity index (χ0n) is 13.6. The van der Waals surface area contributed by atoms with E-state index >= 15 is 0 Å². The first-order valence-corrected chi connectivity index (χ1v) is 8.48. The van der Waals surface area contributed by atoms with E-state index in [0.29, 0.717) is 12.6 Å². The van der Waals surface area contributed by atoms with Gasteiger partial charge in [-0.1, -0.05) is 0 Å². The van der Waals surface area contributed by atoms with Gasteiger partial charge in [0.15, 0.2) is 0 Å². The van der Waals surface area contributed by atoms with E-state index in [1.54, 1.807) is 18.3 Å². The van der Waals surface area contributed by atoms with Gasteiger partial charge in [-0.15, -0.1) is 0 Å². The first-order chi connectivity index (χ1) is 11.7. The summed E-state index contributed by atoms with van der Waals surface area (Å²) in [6, 6.07) is 8.80. The average molecular weight is 331 g/mol. The number of halogens is 1. The Morgan fingerprint density at radius 1 is 1.25 bits per heavy atom. The molecule has 1 aromatic carbocycles. The minimum atomic E-state index is -0.239. The molecule has 0 aliphatic carbocycles. The van der Waals surface area contributed by atoms with Gasteiger partial charge in [0, 0.05) is 38.4 Å². The third kappa shape index (κ3) is 3.22. The summed E-state index contributed by atoms with van der Waals surface area (Å²) in [5.74, 6) is -0.239. The summed E-state index contributed by atoms with van der Waals surface area (Å²) < 4.78 is 26.5. The molecule has 5 nitrogen and oxygen atoms in total. The van der Waals surface area contributed by atoms with Crippen LogP contribution in [0.3, 0.4) is 0 Å². The Labute approximate surface area is 140 Å². The lowest BCUT2D eigenvalue weighted by molar-refractivity contribution is -0.0895. The molecule has 2 saturated heterocycles. The van der Waals surface area contributed by atoms with Crippen molar-refractivity contribution < 1.29 is 13.9 Å². The van der Waals surface area contributed by atoms with Gasteiger partial charge in [-0.2, -0.15) is 5.10 Å². The smallest absolute Gasteiger partial charge is 0.123 e. The number of nitrogens with zero attached hydrogens (tertiary/aromatic N) is 2. The van der Waals surface area contributed by atoms with Gasteiger partial charge in [-0.05, 0) is 43.2 Å². The van der Waals surface area contributed by atoms with E-state index in [1.807, 2.05) is 10.7 Å². The monoisotopic (exact) mass is 331 g/mol. The van der Waals surface area contributed by atoms with E-state index in [2.05, 4.69) is 10.4 Å². The van der Waals surface area contributed by atoms with Crippen molar-refractivity contribution in [2.24, 2.45) is 0 Å². The van der Waals surface area contributed by atoms with Crippen molar-refractivity contribution in [1.82, 2.24) is 15.1 Å². The largest absolute Gasteiger partial charge is 0.378 e. The number of aromatic nitrogens is 2. The summed E-state index contributed by atoms with van der Waals surface area (Å²) in [6.45, 7) is 3.00. The van der Waals surface area contributed by atoms with E-state index < -0.39 is 0 Å². The van der Waals surface area contributed by atoms with Crippen molar-refractivity contribution in [3.05, 3.63) is 48.0 Å². The van der Waals surface area contributed by atoms with Gasteiger partial charge in [-0.25, -0.2) is 9.07 Å². The van der Waals surface area contributed by atoms with Gasteiger partial charge in [0.2, 0.25) is 0 Å². The van der Waals surface area contributed by atoms with Crippen LogP contribution in [-0.2, 0) is 16.0 Å². The van der Waals surface area contributed by atoms with Gasteiger partial charge in [0.05, 0.1) is 23.6 Å². The Balaban J connectivity index is 1.41. The maximum atomic E-state index is 13.1. The second kappa shape index (κ2) is 6.63. The first-order valence-electron chi connectivity index (χ1n) is 8.48. The highest BCUT2D eigenvalue weighted by Crippen LogP contribution is 2.32. The summed E-state index contributed by atoms with van der Waals surface area (Å²) in [7, 11) is 0. The maximum absolute atomic E-state index is 13.1. The zero-order chi connectivity index (χ0) is 16.4. The van der Waals surface area contributed by atoms with Gasteiger partial charge in [-0.3, -0.25) is 0 Å². The van der Waals surface area contributed by atoms with Crippen LogP contribution in [0.5, 0.6) is 0 Å². The summed E-state index contributed by atoms with van der Waals surface area (Å²) in [4.78, 5) is 0. The molecular formula is C18H22FN3O2. The van der Waals surface area contributed by atoms with Crippen LogP contribution in [0.2, 0.25) is 0 Å². The molecular weight excluding hydrogens is 309 g/mol. The van der Waals surface area contributed by atoms with Crippen LogP contribution in [0.4, 0.5) is 4.39 Å². The fourth-order valence-corrected chi connectivity index (χ4v) is 3.59. The quantitative estimate of drug-likeness (QED) is 0.935. The van der Waals surface area contributed by atoms with Gasteiger partial charge in [0.1, 0.15) is 5.82 Å². The molecule has 3 heterocycles. The lowest BCUT2D eigenvalue weighted by atomic mass is 9.89. The predicted octanol–water partition coefficient (Wildman–Crippen LogP) is 2.44. The molecule has 4 rings (SSSR count). The Kier molecular flexibility index (Phi) is 4.35. The predicted molar refractivity (Wildman–Crippen MR) is 87.5 cm³/mol. The topological polar surface area (TPSA) is 48.3 Å². The molecule has 0 bridgehead atoms. The molecule has 2 aliphatic rings. The van der Waals surface area contributed by atoms with Crippen molar-refractivity contribution in [2.75, 3.05) is 19.8 Å². The normalized spacial score (nSPS) is 27.0. The number of benzene rings is 1. The molecule has 2 aromatic rings. The molecule has 2 aliphatic heterocycles. The molecule has 24 heavy (non-hydrogen) atoms. The van der Waals surface area contributed by atoms with Crippen LogP contribution in [0.1, 0.15) is 25.0 Å². The molecule has 128 valence electrons. The highest BCUT2D eigenvalue weighted by molar-refractivity contribution is 5.32. The summed E-state index contributed by atoms with van der Waals surface area (Å²) in [5, 5.41) is 7.99. The van der Waals surface area contributed by atoms with Crippen molar-refractivity contribution in [1.29, 1.82) is 0 Å². The molecule has 1 N–H and O–H groups in total. The Bertz CT molecular complexity index is 680.